The quantitative estimate of drug-likeness (QED) is 0.838. The van der Waals surface area contributed by atoms with Crippen molar-refractivity contribution in [3.63, 3.8) is 0 Å². The summed E-state index contributed by atoms with van der Waals surface area (Å²) in [5.74, 6) is -0.255. The molecule has 18 heavy (non-hydrogen) atoms. The Bertz CT molecular complexity index is 412. The van der Waals surface area contributed by atoms with Gasteiger partial charge >= 0.3 is 5.97 Å². The van der Waals surface area contributed by atoms with E-state index < -0.39 is 5.60 Å². The third kappa shape index (κ3) is 4.88. The van der Waals surface area contributed by atoms with Crippen LogP contribution in [-0.4, -0.2) is 11.6 Å². The average Bonchev–Trinajstić information content (AvgIpc) is 2.12. The summed E-state index contributed by atoms with van der Waals surface area (Å²) < 4.78 is 5.27. The van der Waals surface area contributed by atoms with Crippen LogP contribution in [0, 0.1) is 13.8 Å². The average molecular weight is 249 g/mol. The van der Waals surface area contributed by atoms with Crippen LogP contribution < -0.4 is 5.73 Å². The van der Waals surface area contributed by atoms with Crippen molar-refractivity contribution in [3.05, 3.63) is 34.9 Å². The van der Waals surface area contributed by atoms with Gasteiger partial charge in [0.15, 0.2) is 0 Å². The molecule has 3 heteroatoms. The molecule has 0 aliphatic rings. The van der Waals surface area contributed by atoms with Gasteiger partial charge in [0.05, 0.1) is 6.42 Å². The molecule has 0 radical (unpaired) electrons. The van der Waals surface area contributed by atoms with Gasteiger partial charge in [-0.2, -0.15) is 0 Å². The van der Waals surface area contributed by atoms with E-state index in [2.05, 4.69) is 6.07 Å². The first-order chi connectivity index (χ1) is 8.17. The minimum atomic E-state index is -0.459. The van der Waals surface area contributed by atoms with Crippen LogP contribution in [0.5, 0.6) is 0 Å². The number of carbonyl (C=O) groups excluding carboxylic acids is 1. The van der Waals surface area contributed by atoms with Crippen molar-refractivity contribution in [2.45, 2.75) is 52.7 Å². The van der Waals surface area contributed by atoms with Crippen LogP contribution in [0.15, 0.2) is 18.2 Å². The van der Waals surface area contributed by atoms with Crippen molar-refractivity contribution >= 4 is 5.97 Å². The van der Waals surface area contributed by atoms with Gasteiger partial charge < -0.3 is 10.5 Å². The van der Waals surface area contributed by atoms with Crippen molar-refractivity contribution in [2.75, 3.05) is 0 Å². The molecule has 0 spiro atoms. The van der Waals surface area contributed by atoms with Gasteiger partial charge in [0, 0.05) is 6.04 Å². The molecule has 1 rings (SSSR count). The van der Waals surface area contributed by atoms with Gasteiger partial charge in [-0.05, 0) is 40.2 Å². The highest BCUT2D eigenvalue weighted by Gasteiger charge is 2.19. The second-order valence-corrected chi connectivity index (χ2v) is 5.82. The normalized spacial score (nSPS) is 13.2. The highest BCUT2D eigenvalue weighted by molar-refractivity contribution is 5.71. The lowest BCUT2D eigenvalue weighted by Crippen LogP contribution is -2.26. The van der Waals surface area contributed by atoms with Gasteiger partial charge in [0.2, 0.25) is 0 Å². The molecule has 0 aliphatic heterocycles. The Labute approximate surface area is 109 Å². The molecule has 2 N–H and O–H groups in total. The highest BCUT2D eigenvalue weighted by atomic mass is 16.6. The first-order valence-electron chi connectivity index (χ1n) is 6.23. The van der Waals surface area contributed by atoms with Crippen molar-refractivity contribution in [1.82, 2.24) is 0 Å². The molecule has 0 heterocycles. The summed E-state index contributed by atoms with van der Waals surface area (Å²) in [4.78, 5) is 11.7. The number of ether oxygens (including phenoxy) is 1. The topological polar surface area (TPSA) is 52.3 Å². The number of esters is 1. The maximum absolute atomic E-state index is 11.7. The van der Waals surface area contributed by atoms with Gasteiger partial charge in [0.1, 0.15) is 5.60 Å². The molecule has 0 bridgehead atoms. The summed E-state index contributed by atoms with van der Waals surface area (Å²) in [5, 5.41) is 0. The maximum atomic E-state index is 11.7. The number of hydrogen-bond donors (Lipinski definition) is 1. The van der Waals surface area contributed by atoms with Gasteiger partial charge in [-0.15, -0.1) is 0 Å². The molecule has 1 aromatic rings. The molecule has 0 saturated heterocycles. The Morgan fingerprint density at radius 1 is 1.22 bits per heavy atom. The fourth-order valence-electron chi connectivity index (χ4n) is 1.90. The summed E-state index contributed by atoms with van der Waals surface area (Å²) in [6.07, 6.45) is 0.208. The predicted molar refractivity (Wildman–Crippen MR) is 73.3 cm³/mol. The third-order valence-electron chi connectivity index (χ3n) is 2.48. The van der Waals surface area contributed by atoms with E-state index in [0.29, 0.717) is 0 Å². The smallest absolute Gasteiger partial charge is 0.308 e. The van der Waals surface area contributed by atoms with E-state index in [4.69, 9.17) is 10.5 Å². The van der Waals surface area contributed by atoms with E-state index in [0.717, 1.165) is 16.7 Å². The number of rotatable bonds is 3. The molecule has 0 amide bonds. The van der Waals surface area contributed by atoms with Crippen molar-refractivity contribution < 1.29 is 9.53 Å². The summed E-state index contributed by atoms with van der Waals surface area (Å²) in [6.45, 7) is 9.61. The molecular formula is C15H23NO2. The van der Waals surface area contributed by atoms with Crippen LogP contribution in [0.2, 0.25) is 0 Å². The first kappa shape index (κ1) is 14.7. The summed E-state index contributed by atoms with van der Waals surface area (Å²) in [7, 11) is 0. The van der Waals surface area contributed by atoms with E-state index in [-0.39, 0.29) is 18.4 Å². The zero-order valence-corrected chi connectivity index (χ0v) is 11.9. The van der Waals surface area contributed by atoms with Gasteiger partial charge in [-0.25, -0.2) is 0 Å². The number of benzene rings is 1. The maximum Gasteiger partial charge on any atom is 0.308 e. The Morgan fingerprint density at radius 2 is 1.72 bits per heavy atom. The Balaban J connectivity index is 2.70. The summed E-state index contributed by atoms with van der Waals surface area (Å²) in [6, 6.07) is 5.81. The molecule has 0 fully saturated rings. The number of nitrogens with two attached hydrogens (primary N) is 1. The van der Waals surface area contributed by atoms with Crippen LogP contribution >= 0.6 is 0 Å². The van der Waals surface area contributed by atoms with Crippen LogP contribution in [0.25, 0.3) is 0 Å². The van der Waals surface area contributed by atoms with E-state index in [9.17, 15) is 4.79 Å². The molecule has 1 atom stereocenters. The predicted octanol–water partition coefficient (Wildman–Crippen LogP) is 3.04. The molecule has 100 valence electrons. The third-order valence-corrected chi connectivity index (χ3v) is 2.48. The Hall–Kier alpha value is -1.35. The number of carbonyl (C=O) groups is 1. The van der Waals surface area contributed by atoms with Crippen LogP contribution in [-0.2, 0) is 9.53 Å². The van der Waals surface area contributed by atoms with Crippen molar-refractivity contribution in [2.24, 2.45) is 5.73 Å². The fraction of sp³-hybridized carbons (Fsp3) is 0.533. The Kier molecular flexibility index (Phi) is 4.52. The second kappa shape index (κ2) is 5.53. The van der Waals surface area contributed by atoms with Crippen LogP contribution in [0.1, 0.15) is 49.9 Å². The van der Waals surface area contributed by atoms with E-state index in [1.807, 2.05) is 46.8 Å². The monoisotopic (exact) mass is 249 g/mol. The van der Waals surface area contributed by atoms with E-state index >= 15 is 0 Å². The van der Waals surface area contributed by atoms with E-state index in [1.54, 1.807) is 0 Å². The second-order valence-electron chi connectivity index (χ2n) is 5.82. The molecule has 1 aromatic carbocycles. The lowest BCUT2D eigenvalue weighted by atomic mass is 10.00. The molecular weight excluding hydrogens is 226 g/mol. The minimum absolute atomic E-state index is 0.208. The standard InChI is InChI=1S/C15H23NO2/c1-10-6-11(2)8-12(7-10)13(16)9-14(17)18-15(3,4)5/h6-8,13H,9,16H2,1-5H3/t13-/m0/s1. The highest BCUT2D eigenvalue weighted by Crippen LogP contribution is 2.19. The van der Waals surface area contributed by atoms with Gasteiger partial charge in [0.25, 0.3) is 0 Å². The molecule has 0 aliphatic carbocycles. The van der Waals surface area contributed by atoms with Gasteiger partial charge in [-0.1, -0.05) is 29.3 Å². The van der Waals surface area contributed by atoms with Crippen LogP contribution in [0.4, 0.5) is 0 Å². The SMILES string of the molecule is Cc1cc(C)cc([C@@H](N)CC(=O)OC(C)(C)C)c1. The summed E-state index contributed by atoms with van der Waals surface area (Å²) >= 11 is 0. The zero-order valence-electron chi connectivity index (χ0n) is 11.9. The van der Waals surface area contributed by atoms with Crippen molar-refractivity contribution in [3.8, 4) is 0 Å². The van der Waals surface area contributed by atoms with Crippen LogP contribution in [0.3, 0.4) is 0 Å². The number of hydrogen-bond acceptors (Lipinski definition) is 3. The molecule has 0 saturated carbocycles. The van der Waals surface area contributed by atoms with Crippen molar-refractivity contribution in [1.29, 1.82) is 0 Å². The minimum Gasteiger partial charge on any atom is -0.460 e. The molecule has 3 nitrogen and oxygen atoms in total. The first-order valence-corrected chi connectivity index (χ1v) is 6.23. The number of aryl methyl sites for hydroxylation is 2. The van der Waals surface area contributed by atoms with E-state index in [1.165, 1.54) is 0 Å². The molecule has 0 unspecified atom stereocenters. The largest absolute Gasteiger partial charge is 0.460 e. The lowest BCUT2D eigenvalue weighted by molar-refractivity contribution is -0.155. The zero-order chi connectivity index (χ0) is 13.9. The summed E-state index contributed by atoms with van der Waals surface area (Å²) in [5.41, 5.74) is 8.89. The van der Waals surface area contributed by atoms with Gasteiger partial charge in [-0.3, -0.25) is 4.79 Å². The fourth-order valence-corrected chi connectivity index (χ4v) is 1.90. The Morgan fingerprint density at radius 3 is 2.17 bits per heavy atom. The lowest BCUT2D eigenvalue weighted by Gasteiger charge is -2.21. The molecule has 0 aromatic heterocycles.